The molecule has 5 rings (SSSR count). The summed E-state index contributed by atoms with van der Waals surface area (Å²) in [6, 6.07) is 17.6. The fourth-order valence-electron chi connectivity index (χ4n) is 5.68. The zero-order valence-corrected chi connectivity index (χ0v) is 23.7. The van der Waals surface area contributed by atoms with Crippen LogP contribution in [-0.4, -0.2) is 43.8 Å². The van der Waals surface area contributed by atoms with E-state index in [1.54, 1.807) is 36.1 Å². The van der Waals surface area contributed by atoms with E-state index in [1.165, 1.54) is 10.7 Å². The van der Waals surface area contributed by atoms with Crippen LogP contribution in [0.1, 0.15) is 57.4 Å². The largest absolute Gasteiger partial charge is 0.352 e. The predicted molar refractivity (Wildman–Crippen MR) is 154 cm³/mol. The summed E-state index contributed by atoms with van der Waals surface area (Å²) in [6.07, 6.45) is 5.71. The van der Waals surface area contributed by atoms with Gasteiger partial charge < -0.3 is 10.2 Å². The summed E-state index contributed by atoms with van der Waals surface area (Å²) >= 11 is 6.41. The van der Waals surface area contributed by atoms with Gasteiger partial charge in [0.2, 0.25) is 11.8 Å². The number of benzene rings is 3. The van der Waals surface area contributed by atoms with Gasteiger partial charge in [-0.3, -0.25) is 13.9 Å². The summed E-state index contributed by atoms with van der Waals surface area (Å²) in [5.74, 6) is -0.389. The van der Waals surface area contributed by atoms with Gasteiger partial charge in [0.1, 0.15) is 6.04 Å². The average Bonchev–Trinajstić information content (AvgIpc) is 3.16. The molecule has 0 unspecified atom stereocenters. The van der Waals surface area contributed by atoms with Crippen LogP contribution in [0.15, 0.2) is 65.6 Å². The number of hydrogen-bond acceptors (Lipinski definition) is 4. The van der Waals surface area contributed by atoms with Crippen LogP contribution >= 0.6 is 11.6 Å². The molecule has 1 heterocycles. The maximum atomic E-state index is 13.6. The molecule has 1 atom stereocenters. The second kappa shape index (κ2) is 11.6. The minimum absolute atomic E-state index is 0.101. The lowest BCUT2D eigenvalue weighted by atomic mass is 9.95. The summed E-state index contributed by atoms with van der Waals surface area (Å²) in [6.45, 7) is 2.12. The molecule has 1 fully saturated rings. The molecular weight excluding hydrogens is 534 g/mol. The number of carbonyl (C=O) groups is 2. The molecule has 7 nitrogen and oxygen atoms in total. The number of halogens is 1. The van der Waals surface area contributed by atoms with Gasteiger partial charge in [0.15, 0.2) is 0 Å². The van der Waals surface area contributed by atoms with Crippen molar-refractivity contribution in [3.8, 4) is 0 Å². The molecular formula is C30H34ClN3O4S. The number of rotatable bonds is 9. The lowest BCUT2D eigenvalue weighted by Gasteiger charge is -2.31. The molecule has 0 spiro atoms. The highest BCUT2D eigenvalue weighted by atomic mass is 35.5. The SMILES string of the molecule is C[C@H](C(=O)NC1CCCCC1)N(Cc1ccccc1Cl)C(=O)CCCN1c2cccc3cccc(c23)S1(=O)=O. The van der Waals surface area contributed by atoms with Crippen LogP contribution in [-0.2, 0) is 26.2 Å². The molecule has 0 radical (unpaired) electrons. The fraction of sp³-hybridized carbons (Fsp3) is 0.400. The normalized spacial score (nSPS) is 17.2. The highest BCUT2D eigenvalue weighted by Gasteiger charge is 2.35. The van der Waals surface area contributed by atoms with Gasteiger partial charge in [0.25, 0.3) is 10.0 Å². The van der Waals surface area contributed by atoms with Gasteiger partial charge in [-0.25, -0.2) is 8.42 Å². The molecule has 0 saturated heterocycles. The Kier molecular flexibility index (Phi) is 8.14. The van der Waals surface area contributed by atoms with Crippen LogP contribution in [0.5, 0.6) is 0 Å². The van der Waals surface area contributed by atoms with E-state index in [9.17, 15) is 18.0 Å². The highest BCUT2D eigenvalue weighted by Crippen LogP contribution is 2.42. The lowest BCUT2D eigenvalue weighted by Crippen LogP contribution is -2.50. The molecule has 2 amide bonds. The van der Waals surface area contributed by atoms with E-state index in [0.29, 0.717) is 22.0 Å². The Balaban J connectivity index is 1.30. The van der Waals surface area contributed by atoms with Crippen LogP contribution < -0.4 is 9.62 Å². The lowest BCUT2D eigenvalue weighted by molar-refractivity contribution is -0.141. The summed E-state index contributed by atoms with van der Waals surface area (Å²) < 4.78 is 28.0. The van der Waals surface area contributed by atoms with Crippen molar-refractivity contribution in [3.63, 3.8) is 0 Å². The summed E-state index contributed by atoms with van der Waals surface area (Å²) in [7, 11) is -3.69. The second-order valence-electron chi connectivity index (χ2n) is 10.4. The number of carbonyl (C=O) groups excluding carboxylic acids is 2. The summed E-state index contributed by atoms with van der Waals surface area (Å²) in [5, 5.41) is 5.26. The Labute approximate surface area is 235 Å². The first-order valence-electron chi connectivity index (χ1n) is 13.6. The van der Waals surface area contributed by atoms with Gasteiger partial charge in [-0.05, 0) is 55.3 Å². The fourth-order valence-corrected chi connectivity index (χ4v) is 7.62. The van der Waals surface area contributed by atoms with Gasteiger partial charge in [-0.15, -0.1) is 0 Å². The smallest absolute Gasteiger partial charge is 0.265 e. The van der Waals surface area contributed by atoms with Crippen molar-refractivity contribution >= 4 is 49.9 Å². The zero-order chi connectivity index (χ0) is 27.6. The molecule has 2 aliphatic rings. The van der Waals surface area contributed by atoms with Crippen molar-refractivity contribution in [3.05, 3.63) is 71.2 Å². The molecule has 1 aliphatic carbocycles. The Morgan fingerprint density at radius 3 is 2.49 bits per heavy atom. The number of sulfonamides is 1. The van der Waals surface area contributed by atoms with E-state index in [-0.39, 0.29) is 37.4 Å². The van der Waals surface area contributed by atoms with Crippen LogP contribution in [0.3, 0.4) is 0 Å². The van der Waals surface area contributed by atoms with Crippen molar-refractivity contribution < 1.29 is 18.0 Å². The van der Waals surface area contributed by atoms with Gasteiger partial charge >= 0.3 is 0 Å². The average molecular weight is 568 g/mol. The summed E-state index contributed by atoms with van der Waals surface area (Å²) in [5.41, 5.74) is 1.40. The van der Waals surface area contributed by atoms with Crippen molar-refractivity contribution in [1.29, 1.82) is 0 Å². The Bertz CT molecular complexity index is 1480. The molecule has 3 aromatic rings. The minimum Gasteiger partial charge on any atom is -0.352 e. The van der Waals surface area contributed by atoms with E-state index >= 15 is 0 Å². The topological polar surface area (TPSA) is 86.8 Å². The van der Waals surface area contributed by atoms with E-state index in [2.05, 4.69) is 5.32 Å². The highest BCUT2D eigenvalue weighted by molar-refractivity contribution is 7.93. The zero-order valence-electron chi connectivity index (χ0n) is 22.1. The quantitative estimate of drug-likeness (QED) is 0.362. The predicted octanol–water partition coefficient (Wildman–Crippen LogP) is 5.65. The van der Waals surface area contributed by atoms with E-state index < -0.39 is 16.1 Å². The van der Waals surface area contributed by atoms with Crippen molar-refractivity contribution in [2.45, 2.75) is 75.4 Å². The maximum absolute atomic E-state index is 13.6. The van der Waals surface area contributed by atoms with Gasteiger partial charge in [0, 0.05) is 36.0 Å². The van der Waals surface area contributed by atoms with E-state index in [1.807, 2.05) is 36.4 Å². The summed E-state index contributed by atoms with van der Waals surface area (Å²) in [4.78, 5) is 28.6. The van der Waals surface area contributed by atoms with Crippen molar-refractivity contribution in [1.82, 2.24) is 10.2 Å². The number of amides is 2. The molecule has 39 heavy (non-hydrogen) atoms. The van der Waals surface area contributed by atoms with Gasteiger partial charge in [0.05, 0.1) is 10.6 Å². The van der Waals surface area contributed by atoms with Crippen molar-refractivity contribution in [2.75, 3.05) is 10.8 Å². The van der Waals surface area contributed by atoms with Crippen LogP contribution in [0, 0.1) is 0 Å². The van der Waals surface area contributed by atoms with Crippen LogP contribution in [0.2, 0.25) is 5.02 Å². The Morgan fingerprint density at radius 2 is 1.74 bits per heavy atom. The standard InChI is InChI=1S/C30H34ClN3O4S/c1-21(30(36)32-24-13-3-2-4-14-24)33(20-23-10-5-6-15-25(23)31)28(35)18-9-19-34-26-16-7-11-22-12-8-17-27(29(22)26)39(34,37)38/h5-8,10-12,15-17,21,24H,2-4,9,13-14,18-20H2,1H3,(H,32,36)/t21-/m1/s1. The first-order chi connectivity index (χ1) is 18.8. The van der Waals surface area contributed by atoms with E-state index in [0.717, 1.165) is 42.0 Å². The monoisotopic (exact) mass is 567 g/mol. The van der Waals surface area contributed by atoms with Crippen LogP contribution in [0.25, 0.3) is 10.8 Å². The Hall–Kier alpha value is -3.10. The number of nitrogens with one attached hydrogen (secondary N) is 1. The molecule has 1 N–H and O–H groups in total. The molecule has 3 aromatic carbocycles. The molecule has 206 valence electrons. The van der Waals surface area contributed by atoms with E-state index in [4.69, 9.17) is 11.6 Å². The van der Waals surface area contributed by atoms with Gasteiger partial charge in [-0.1, -0.05) is 73.3 Å². The second-order valence-corrected chi connectivity index (χ2v) is 12.7. The first kappa shape index (κ1) is 27.5. The molecule has 0 aromatic heterocycles. The maximum Gasteiger partial charge on any atom is 0.265 e. The molecule has 1 aliphatic heterocycles. The molecule has 1 saturated carbocycles. The first-order valence-corrected chi connectivity index (χ1v) is 15.5. The van der Waals surface area contributed by atoms with Gasteiger partial charge in [-0.2, -0.15) is 0 Å². The number of anilines is 1. The molecule has 0 bridgehead atoms. The third-order valence-electron chi connectivity index (χ3n) is 7.85. The number of hydrogen-bond donors (Lipinski definition) is 1. The molecule has 9 heteroatoms. The van der Waals surface area contributed by atoms with Crippen molar-refractivity contribution in [2.24, 2.45) is 0 Å². The number of nitrogens with zero attached hydrogens (tertiary/aromatic N) is 2. The van der Waals surface area contributed by atoms with Crippen LogP contribution in [0.4, 0.5) is 5.69 Å². The Morgan fingerprint density at radius 1 is 1.03 bits per heavy atom. The third kappa shape index (κ3) is 5.63. The third-order valence-corrected chi connectivity index (χ3v) is 10.1. The minimum atomic E-state index is -3.69.